The summed E-state index contributed by atoms with van der Waals surface area (Å²) in [6.45, 7) is 2.79. The highest BCUT2D eigenvalue weighted by Gasteiger charge is 2.20. The molecule has 3 heteroatoms. The van der Waals surface area contributed by atoms with E-state index >= 15 is 0 Å². The molecule has 1 N–H and O–H groups in total. The van der Waals surface area contributed by atoms with Crippen molar-refractivity contribution in [3.8, 4) is 0 Å². The Morgan fingerprint density at radius 1 is 1.30 bits per heavy atom. The summed E-state index contributed by atoms with van der Waals surface area (Å²) in [7, 11) is 0. The van der Waals surface area contributed by atoms with Crippen LogP contribution in [0.4, 0.5) is 4.39 Å². The molecule has 0 radical (unpaired) electrons. The fourth-order valence-corrected chi connectivity index (χ4v) is 2.94. The molecule has 104 valence electrons. The number of aromatic nitrogens is 1. The van der Waals surface area contributed by atoms with Gasteiger partial charge in [-0.2, -0.15) is 0 Å². The molecule has 1 atom stereocenters. The lowest BCUT2D eigenvalue weighted by Crippen LogP contribution is -2.25. The number of halogens is 1. The molecule has 1 aliphatic carbocycles. The van der Waals surface area contributed by atoms with E-state index in [0.29, 0.717) is 0 Å². The summed E-state index contributed by atoms with van der Waals surface area (Å²) in [5, 5.41) is 3.55. The molecule has 1 aliphatic rings. The molecule has 0 saturated carbocycles. The standard InChI is InChI=1S/C17H19FN2/c1-12-9-13(7-8-19-12)11-20-17-4-2-3-14-5-6-15(18)10-16(14)17/h5-10,17,20H,2-4,11H2,1H3. The van der Waals surface area contributed by atoms with Crippen molar-refractivity contribution in [3.05, 3.63) is 64.7 Å². The zero-order chi connectivity index (χ0) is 13.9. The lowest BCUT2D eigenvalue weighted by Gasteiger charge is -2.26. The van der Waals surface area contributed by atoms with Crippen LogP contribution < -0.4 is 5.32 Å². The molecule has 20 heavy (non-hydrogen) atoms. The van der Waals surface area contributed by atoms with Crippen LogP contribution in [0.3, 0.4) is 0 Å². The minimum absolute atomic E-state index is 0.141. The number of fused-ring (bicyclic) bond motifs is 1. The van der Waals surface area contributed by atoms with Gasteiger partial charge >= 0.3 is 0 Å². The zero-order valence-electron chi connectivity index (χ0n) is 11.7. The van der Waals surface area contributed by atoms with Gasteiger partial charge in [0.15, 0.2) is 0 Å². The van der Waals surface area contributed by atoms with Gasteiger partial charge < -0.3 is 5.32 Å². The van der Waals surface area contributed by atoms with Crippen molar-refractivity contribution < 1.29 is 4.39 Å². The Kier molecular flexibility index (Phi) is 3.79. The molecule has 2 nitrogen and oxygen atoms in total. The largest absolute Gasteiger partial charge is 0.306 e. The van der Waals surface area contributed by atoms with Gasteiger partial charge in [0, 0.05) is 24.5 Å². The van der Waals surface area contributed by atoms with Crippen molar-refractivity contribution in [1.29, 1.82) is 0 Å². The molecule has 3 rings (SSSR count). The highest BCUT2D eigenvalue weighted by Crippen LogP contribution is 2.30. The number of rotatable bonds is 3. The average Bonchev–Trinajstić information content (AvgIpc) is 2.45. The summed E-state index contributed by atoms with van der Waals surface area (Å²) in [5.74, 6) is -0.141. The first kappa shape index (κ1) is 13.3. The fraction of sp³-hybridized carbons (Fsp3) is 0.353. The Hall–Kier alpha value is -1.74. The molecule has 0 spiro atoms. The second kappa shape index (κ2) is 5.71. The van der Waals surface area contributed by atoms with Gasteiger partial charge in [0.05, 0.1) is 0 Å². The Bertz CT molecular complexity index is 610. The van der Waals surface area contributed by atoms with Crippen LogP contribution in [0, 0.1) is 12.7 Å². The smallest absolute Gasteiger partial charge is 0.123 e. The van der Waals surface area contributed by atoms with Crippen LogP contribution in [0.15, 0.2) is 36.5 Å². The minimum Gasteiger partial charge on any atom is -0.306 e. The Morgan fingerprint density at radius 2 is 2.20 bits per heavy atom. The molecule has 0 fully saturated rings. The van der Waals surface area contributed by atoms with Gasteiger partial charge in [-0.05, 0) is 67.1 Å². The molecule has 0 aliphatic heterocycles. The Morgan fingerprint density at radius 3 is 3.05 bits per heavy atom. The molecule has 0 bridgehead atoms. The third-order valence-electron chi connectivity index (χ3n) is 3.94. The SMILES string of the molecule is Cc1cc(CNC2CCCc3ccc(F)cc32)ccn1. The van der Waals surface area contributed by atoms with Crippen LogP contribution in [0.5, 0.6) is 0 Å². The molecule has 0 saturated heterocycles. The van der Waals surface area contributed by atoms with Crippen molar-refractivity contribution in [2.75, 3.05) is 0 Å². The number of hydrogen-bond donors (Lipinski definition) is 1. The third kappa shape index (κ3) is 2.88. The summed E-state index contributed by atoms with van der Waals surface area (Å²) < 4.78 is 13.4. The van der Waals surface area contributed by atoms with E-state index in [9.17, 15) is 4.39 Å². The summed E-state index contributed by atoms with van der Waals surface area (Å²) >= 11 is 0. The highest BCUT2D eigenvalue weighted by molar-refractivity contribution is 5.33. The number of nitrogens with one attached hydrogen (secondary N) is 1. The minimum atomic E-state index is -0.141. The van der Waals surface area contributed by atoms with E-state index in [2.05, 4.69) is 16.4 Å². The van der Waals surface area contributed by atoms with Crippen molar-refractivity contribution >= 4 is 0 Å². The van der Waals surface area contributed by atoms with Gasteiger partial charge in [-0.1, -0.05) is 6.07 Å². The monoisotopic (exact) mass is 270 g/mol. The normalized spacial score (nSPS) is 17.8. The van der Waals surface area contributed by atoms with Gasteiger partial charge in [0.2, 0.25) is 0 Å². The first-order valence-corrected chi connectivity index (χ1v) is 7.15. The van der Waals surface area contributed by atoms with Crippen LogP contribution in [-0.2, 0) is 13.0 Å². The number of aryl methyl sites for hydroxylation is 2. The molecule has 0 amide bonds. The van der Waals surface area contributed by atoms with Crippen molar-refractivity contribution in [3.63, 3.8) is 0 Å². The number of nitrogens with zero attached hydrogens (tertiary/aromatic N) is 1. The van der Waals surface area contributed by atoms with E-state index in [-0.39, 0.29) is 11.9 Å². The number of hydrogen-bond acceptors (Lipinski definition) is 2. The van der Waals surface area contributed by atoms with E-state index in [0.717, 1.165) is 37.1 Å². The van der Waals surface area contributed by atoms with Crippen LogP contribution in [0.25, 0.3) is 0 Å². The summed E-state index contributed by atoms with van der Waals surface area (Å²) in [5.41, 5.74) is 4.66. The molecule has 1 aromatic carbocycles. The number of pyridine rings is 1. The van der Waals surface area contributed by atoms with Crippen molar-refractivity contribution in [2.24, 2.45) is 0 Å². The Labute approximate surface area is 119 Å². The lowest BCUT2D eigenvalue weighted by molar-refractivity contribution is 0.455. The zero-order valence-corrected chi connectivity index (χ0v) is 11.7. The second-order valence-electron chi connectivity index (χ2n) is 5.47. The number of benzene rings is 1. The predicted octanol–water partition coefficient (Wildman–Crippen LogP) is 3.70. The van der Waals surface area contributed by atoms with Gasteiger partial charge in [-0.15, -0.1) is 0 Å². The van der Waals surface area contributed by atoms with E-state index in [4.69, 9.17) is 0 Å². The quantitative estimate of drug-likeness (QED) is 0.920. The van der Waals surface area contributed by atoms with Crippen molar-refractivity contribution in [2.45, 2.75) is 38.8 Å². The maximum Gasteiger partial charge on any atom is 0.123 e. The maximum atomic E-state index is 13.4. The second-order valence-corrected chi connectivity index (χ2v) is 5.47. The van der Waals surface area contributed by atoms with Gasteiger partial charge in [-0.3, -0.25) is 4.98 Å². The first-order chi connectivity index (χ1) is 9.72. The molecule has 1 heterocycles. The average molecular weight is 270 g/mol. The van der Waals surface area contributed by atoms with E-state index in [1.54, 1.807) is 12.1 Å². The lowest BCUT2D eigenvalue weighted by atomic mass is 9.87. The van der Waals surface area contributed by atoms with E-state index < -0.39 is 0 Å². The maximum absolute atomic E-state index is 13.4. The van der Waals surface area contributed by atoms with E-state index in [1.807, 2.05) is 25.3 Å². The molecule has 2 aromatic rings. The van der Waals surface area contributed by atoms with Crippen LogP contribution in [-0.4, -0.2) is 4.98 Å². The topological polar surface area (TPSA) is 24.9 Å². The fourth-order valence-electron chi connectivity index (χ4n) is 2.94. The summed E-state index contributed by atoms with van der Waals surface area (Å²) in [6.07, 6.45) is 5.12. The molecule has 1 aromatic heterocycles. The van der Waals surface area contributed by atoms with E-state index in [1.165, 1.54) is 11.1 Å². The highest BCUT2D eigenvalue weighted by atomic mass is 19.1. The van der Waals surface area contributed by atoms with Gasteiger partial charge in [0.25, 0.3) is 0 Å². The molecular weight excluding hydrogens is 251 g/mol. The third-order valence-corrected chi connectivity index (χ3v) is 3.94. The van der Waals surface area contributed by atoms with Gasteiger partial charge in [0.1, 0.15) is 5.82 Å². The summed E-state index contributed by atoms with van der Waals surface area (Å²) in [4.78, 5) is 4.20. The Balaban J connectivity index is 1.75. The summed E-state index contributed by atoms with van der Waals surface area (Å²) in [6, 6.07) is 9.53. The van der Waals surface area contributed by atoms with Crippen molar-refractivity contribution in [1.82, 2.24) is 10.3 Å². The van der Waals surface area contributed by atoms with Crippen LogP contribution in [0.2, 0.25) is 0 Å². The van der Waals surface area contributed by atoms with Crippen LogP contribution in [0.1, 0.15) is 41.3 Å². The molecular formula is C17H19FN2. The van der Waals surface area contributed by atoms with Gasteiger partial charge in [-0.25, -0.2) is 4.39 Å². The molecule has 1 unspecified atom stereocenters. The van der Waals surface area contributed by atoms with Crippen LogP contribution >= 0.6 is 0 Å². The predicted molar refractivity (Wildman–Crippen MR) is 77.9 cm³/mol. The first-order valence-electron chi connectivity index (χ1n) is 7.15.